The number of benzene rings is 1. The summed E-state index contributed by atoms with van der Waals surface area (Å²) in [7, 11) is 0. The van der Waals surface area contributed by atoms with Gasteiger partial charge in [-0.1, -0.05) is 32.0 Å². The van der Waals surface area contributed by atoms with E-state index in [-0.39, 0.29) is 29.6 Å². The number of amides is 3. The second-order valence-electron chi connectivity index (χ2n) is 6.87. The zero-order valence-electron chi connectivity index (χ0n) is 15.1. The van der Waals surface area contributed by atoms with Crippen LogP contribution < -0.4 is 16.0 Å². The molecule has 25 heavy (non-hydrogen) atoms. The van der Waals surface area contributed by atoms with E-state index in [1.165, 1.54) is 0 Å². The van der Waals surface area contributed by atoms with Crippen LogP contribution in [0.15, 0.2) is 24.3 Å². The molecule has 1 aromatic rings. The first-order chi connectivity index (χ1) is 11.9. The van der Waals surface area contributed by atoms with E-state index >= 15 is 0 Å². The minimum absolute atomic E-state index is 0.0472. The first-order valence-electron chi connectivity index (χ1n) is 8.82. The first-order valence-corrected chi connectivity index (χ1v) is 8.82. The maximum absolute atomic E-state index is 12.4. The Balaban J connectivity index is 1.84. The fraction of sp³-hybridized carbons (Fsp3) is 0.526. The minimum atomic E-state index is -0.619. The maximum Gasteiger partial charge on any atom is 0.252 e. The van der Waals surface area contributed by atoms with Gasteiger partial charge in [-0.3, -0.25) is 14.4 Å². The number of hydrogen-bond acceptors (Lipinski definition) is 3. The predicted octanol–water partition coefficient (Wildman–Crippen LogP) is 1.39. The lowest BCUT2D eigenvalue weighted by molar-refractivity contribution is -0.125. The summed E-state index contributed by atoms with van der Waals surface area (Å²) in [6.45, 7) is 6.38. The van der Waals surface area contributed by atoms with Crippen LogP contribution in [0.25, 0.3) is 0 Å². The highest BCUT2D eigenvalue weighted by Gasteiger charge is 2.29. The molecule has 0 spiro atoms. The molecular formula is C19H27N3O3. The number of carbonyl (C=O) groups excluding carboxylic acids is 3. The van der Waals surface area contributed by atoms with Crippen LogP contribution in [0.3, 0.4) is 0 Å². The van der Waals surface area contributed by atoms with Crippen molar-refractivity contribution in [3.8, 4) is 0 Å². The lowest BCUT2D eigenvalue weighted by atomic mass is 10.0. The summed E-state index contributed by atoms with van der Waals surface area (Å²) >= 11 is 0. The summed E-state index contributed by atoms with van der Waals surface area (Å²) in [5.74, 6) is -0.323. The molecule has 0 aliphatic heterocycles. The zero-order valence-corrected chi connectivity index (χ0v) is 15.1. The van der Waals surface area contributed by atoms with Crippen molar-refractivity contribution in [2.45, 2.75) is 39.7 Å². The molecule has 1 atom stereocenters. The molecule has 6 nitrogen and oxygen atoms in total. The average Bonchev–Trinajstić information content (AvgIpc) is 3.41. The Morgan fingerprint density at radius 3 is 2.32 bits per heavy atom. The van der Waals surface area contributed by atoms with Crippen LogP contribution in [0, 0.1) is 18.8 Å². The van der Waals surface area contributed by atoms with Crippen molar-refractivity contribution in [2.75, 3.05) is 13.1 Å². The van der Waals surface area contributed by atoms with Gasteiger partial charge < -0.3 is 16.0 Å². The average molecular weight is 345 g/mol. The van der Waals surface area contributed by atoms with E-state index in [9.17, 15) is 14.4 Å². The van der Waals surface area contributed by atoms with Crippen molar-refractivity contribution in [3.05, 3.63) is 35.4 Å². The van der Waals surface area contributed by atoms with E-state index in [1.807, 2.05) is 32.9 Å². The Kier molecular flexibility index (Phi) is 6.56. The molecule has 1 fully saturated rings. The SMILES string of the molecule is Cc1ccccc1C(=O)NC(C(=O)NCCNC(=O)C1CC1)C(C)C. The van der Waals surface area contributed by atoms with Crippen molar-refractivity contribution >= 4 is 17.7 Å². The third-order valence-corrected chi connectivity index (χ3v) is 4.30. The Labute approximate surface area is 148 Å². The highest BCUT2D eigenvalue weighted by Crippen LogP contribution is 2.28. The van der Waals surface area contributed by atoms with Crippen LogP contribution >= 0.6 is 0 Å². The summed E-state index contributed by atoms with van der Waals surface area (Å²) in [6.07, 6.45) is 1.91. The van der Waals surface area contributed by atoms with Gasteiger partial charge in [-0.25, -0.2) is 0 Å². The van der Waals surface area contributed by atoms with Crippen molar-refractivity contribution < 1.29 is 14.4 Å². The van der Waals surface area contributed by atoms with Gasteiger partial charge in [0.1, 0.15) is 6.04 Å². The van der Waals surface area contributed by atoms with Crippen LogP contribution in [0.1, 0.15) is 42.6 Å². The van der Waals surface area contributed by atoms with Gasteiger partial charge in [0.15, 0.2) is 0 Å². The van der Waals surface area contributed by atoms with Crippen LogP contribution in [-0.4, -0.2) is 36.9 Å². The number of rotatable bonds is 8. The lowest BCUT2D eigenvalue weighted by Gasteiger charge is -2.22. The number of carbonyl (C=O) groups is 3. The lowest BCUT2D eigenvalue weighted by Crippen LogP contribution is -2.51. The van der Waals surface area contributed by atoms with Gasteiger partial charge in [-0.15, -0.1) is 0 Å². The third kappa shape index (κ3) is 5.59. The van der Waals surface area contributed by atoms with E-state index in [0.717, 1.165) is 18.4 Å². The maximum atomic E-state index is 12.4. The third-order valence-electron chi connectivity index (χ3n) is 4.30. The molecule has 136 valence electrons. The summed E-state index contributed by atoms with van der Waals surface area (Å²) in [5, 5.41) is 8.40. The predicted molar refractivity (Wildman–Crippen MR) is 96.0 cm³/mol. The van der Waals surface area contributed by atoms with E-state index in [1.54, 1.807) is 12.1 Å². The van der Waals surface area contributed by atoms with Crippen molar-refractivity contribution in [1.29, 1.82) is 0 Å². The first kappa shape index (κ1) is 19.0. The van der Waals surface area contributed by atoms with Crippen molar-refractivity contribution in [1.82, 2.24) is 16.0 Å². The summed E-state index contributed by atoms with van der Waals surface area (Å²) < 4.78 is 0. The molecule has 1 aliphatic rings. The molecule has 3 amide bonds. The molecule has 1 unspecified atom stereocenters. The van der Waals surface area contributed by atoms with E-state index < -0.39 is 6.04 Å². The molecule has 0 radical (unpaired) electrons. The fourth-order valence-corrected chi connectivity index (χ4v) is 2.55. The van der Waals surface area contributed by atoms with Crippen LogP contribution in [0.2, 0.25) is 0 Å². The molecule has 1 saturated carbocycles. The van der Waals surface area contributed by atoms with Gasteiger partial charge in [-0.05, 0) is 37.3 Å². The van der Waals surface area contributed by atoms with Crippen LogP contribution in [-0.2, 0) is 9.59 Å². The summed E-state index contributed by atoms with van der Waals surface area (Å²) in [5.41, 5.74) is 1.43. The molecule has 6 heteroatoms. The smallest absolute Gasteiger partial charge is 0.252 e. The fourth-order valence-electron chi connectivity index (χ4n) is 2.55. The second-order valence-corrected chi connectivity index (χ2v) is 6.87. The molecule has 3 N–H and O–H groups in total. The molecule has 0 bridgehead atoms. The van der Waals surface area contributed by atoms with Crippen LogP contribution in [0.4, 0.5) is 0 Å². The molecule has 0 aromatic heterocycles. The van der Waals surface area contributed by atoms with Crippen molar-refractivity contribution in [2.24, 2.45) is 11.8 Å². The topological polar surface area (TPSA) is 87.3 Å². The zero-order chi connectivity index (χ0) is 18.4. The van der Waals surface area contributed by atoms with Gasteiger partial charge in [-0.2, -0.15) is 0 Å². The Hall–Kier alpha value is -2.37. The largest absolute Gasteiger partial charge is 0.354 e. The van der Waals surface area contributed by atoms with Crippen LogP contribution in [0.5, 0.6) is 0 Å². The van der Waals surface area contributed by atoms with E-state index in [2.05, 4.69) is 16.0 Å². The van der Waals surface area contributed by atoms with E-state index in [4.69, 9.17) is 0 Å². The number of hydrogen-bond donors (Lipinski definition) is 3. The highest BCUT2D eigenvalue weighted by atomic mass is 16.2. The number of aryl methyl sites for hydroxylation is 1. The Bertz CT molecular complexity index is 639. The van der Waals surface area contributed by atoms with Gasteiger partial charge in [0.05, 0.1) is 0 Å². The van der Waals surface area contributed by atoms with Crippen molar-refractivity contribution in [3.63, 3.8) is 0 Å². The molecule has 0 heterocycles. The standard InChI is InChI=1S/C19H27N3O3/c1-12(2)16(22-18(24)15-7-5-4-6-13(15)3)19(25)21-11-10-20-17(23)14-8-9-14/h4-7,12,14,16H,8-11H2,1-3H3,(H,20,23)(H,21,25)(H,22,24). The second kappa shape index (κ2) is 8.65. The molecule has 1 aliphatic carbocycles. The van der Waals surface area contributed by atoms with E-state index in [0.29, 0.717) is 18.7 Å². The molecule has 2 rings (SSSR count). The molecular weight excluding hydrogens is 318 g/mol. The monoisotopic (exact) mass is 345 g/mol. The van der Waals surface area contributed by atoms with Gasteiger partial charge >= 0.3 is 0 Å². The van der Waals surface area contributed by atoms with Gasteiger partial charge in [0, 0.05) is 24.6 Å². The molecule has 1 aromatic carbocycles. The quantitative estimate of drug-likeness (QED) is 0.622. The normalized spacial score (nSPS) is 14.7. The minimum Gasteiger partial charge on any atom is -0.354 e. The molecule has 0 saturated heterocycles. The highest BCUT2D eigenvalue weighted by molar-refractivity contribution is 5.98. The summed E-state index contributed by atoms with van der Waals surface area (Å²) in [4.78, 5) is 36.4. The van der Waals surface area contributed by atoms with Gasteiger partial charge in [0.2, 0.25) is 11.8 Å². The Morgan fingerprint density at radius 1 is 1.08 bits per heavy atom. The van der Waals surface area contributed by atoms with Gasteiger partial charge in [0.25, 0.3) is 5.91 Å². The number of nitrogens with one attached hydrogen (secondary N) is 3. The summed E-state index contributed by atoms with van der Waals surface area (Å²) in [6, 6.07) is 6.66. The Morgan fingerprint density at radius 2 is 1.72 bits per heavy atom.